The van der Waals surface area contributed by atoms with Crippen LogP contribution in [-0.4, -0.2) is 37.6 Å². The minimum Gasteiger partial charge on any atom is -0.388 e. The normalized spacial score (nSPS) is 21.9. The van der Waals surface area contributed by atoms with E-state index in [-0.39, 0.29) is 0 Å². The number of rotatable bonds is 5. The zero-order valence-corrected chi connectivity index (χ0v) is 9.08. The van der Waals surface area contributed by atoms with Crippen LogP contribution >= 0.6 is 0 Å². The third kappa shape index (κ3) is 4.94. The molecule has 3 heteroatoms. The summed E-state index contributed by atoms with van der Waals surface area (Å²) in [6.07, 6.45) is 7.41. The van der Waals surface area contributed by atoms with Crippen LogP contribution in [0.15, 0.2) is 0 Å². The van der Waals surface area contributed by atoms with Crippen LogP contribution in [0.25, 0.3) is 0 Å². The second-order valence-corrected chi connectivity index (χ2v) is 4.06. The summed E-state index contributed by atoms with van der Waals surface area (Å²) in [5.41, 5.74) is 0. The molecule has 1 saturated carbocycles. The van der Waals surface area contributed by atoms with Crippen molar-refractivity contribution in [3.8, 4) is 0 Å². The standard InChI is InChI=1S/C11H22O3/c1-13-8-10(12)9-14-11-6-4-2-3-5-7-11/h10-12H,2-9H2,1H3. The van der Waals surface area contributed by atoms with E-state index < -0.39 is 6.10 Å². The van der Waals surface area contributed by atoms with E-state index in [1.54, 1.807) is 7.11 Å². The third-order valence-corrected chi connectivity index (χ3v) is 2.69. The molecule has 0 aromatic rings. The van der Waals surface area contributed by atoms with Crippen LogP contribution in [0.4, 0.5) is 0 Å². The molecule has 1 fully saturated rings. The van der Waals surface area contributed by atoms with Crippen LogP contribution < -0.4 is 0 Å². The Balaban J connectivity index is 2.09. The molecule has 0 aliphatic heterocycles. The highest BCUT2D eigenvalue weighted by Gasteiger charge is 2.14. The van der Waals surface area contributed by atoms with Gasteiger partial charge in [-0.25, -0.2) is 0 Å². The Morgan fingerprint density at radius 2 is 1.79 bits per heavy atom. The van der Waals surface area contributed by atoms with Gasteiger partial charge in [-0.15, -0.1) is 0 Å². The first-order valence-electron chi connectivity index (χ1n) is 5.61. The van der Waals surface area contributed by atoms with Crippen LogP contribution in [0.5, 0.6) is 0 Å². The molecule has 1 aliphatic carbocycles. The molecule has 1 N–H and O–H groups in total. The molecule has 0 aromatic heterocycles. The summed E-state index contributed by atoms with van der Waals surface area (Å²) in [5.74, 6) is 0. The quantitative estimate of drug-likeness (QED) is 0.690. The van der Waals surface area contributed by atoms with Gasteiger partial charge in [0.25, 0.3) is 0 Å². The Bertz CT molecular complexity index is 130. The molecule has 0 heterocycles. The molecular weight excluding hydrogens is 180 g/mol. The highest BCUT2D eigenvalue weighted by Crippen LogP contribution is 2.19. The van der Waals surface area contributed by atoms with Crippen molar-refractivity contribution in [1.82, 2.24) is 0 Å². The van der Waals surface area contributed by atoms with E-state index in [0.29, 0.717) is 19.3 Å². The Kier molecular flexibility index (Phi) is 6.15. The van der Waals surface area contributed by atoms with Gasteiger partial charge in [0.05, 0.1) is 19.3 Å². The molecule has 0 aromatic carbocycles. The first-order valence-corrected chi connectivity index (χ1v) is 5.61. The number of methoxy groups -OCH3 is 1. The second kappa shape index (κ2) is 7.21. The van der Waals surface area contributed by atoms with E-state index in [1.807, 2.05) is 0 Å². The highest BCUT2D eigenvalue weighted by atomic mass is 16.5. The summed E-state index contributed by atoms with van der Waals surface area (Å²) >= 11 is 0. The first-order chi connectivity index (χ1) is 6.83. The maximum absolute atomic E-state index is 9.40. The molecule has 1 rings (SSSR count). The predicted molar refractivity (Wildman–Crippen MR) is 55.3 cm³/mol. The Morgan fingerprint density at radius 3 is 2.36 bits per heavy atom. The maximum atomic E-state index is 9.40. The first kappa shape index (κ1) is 12.0. The molecule has 1 aliphatic rings. The average Bonchev–Trinajstić information content (AvgIpc) is 2.43. The smallest absolute Gasteiger partial charge is 0.101 e. The fourth-order valence-corrected chi connectivity index (χ4v) is 1.90. The number of aliphatic hydroxyl groups is 1. The Morgan fingerprint density at radius 1 is 1.14 bits per heavy atom. The summed E-state index contributed by atoms with van der Waals surface area (Å²) in [5, 5.41) is 9.40. The lowest BCUT2D eigenvalue weighted by Gasteiger charge is -2.17. The van der Waals surface area contributed by atoms with E-state index in [1.165, 1.54) is 25.7 Å². The van der Waals surface area contributed by atoms with E-state index in [9.17, 15) is 5.11 Å². The van der Waals surface area contributed by atoms with Crippen LogP contribution in [-0.2, 0) is 9.47 Å². The zero-order chi connectivity index (χ0) is 10.2. The summed E-state index contributed by atoms with van der Waals surface area (Å²) < 4.78 is 10.5. The van der Waals surface area contributed by atoms with Gasteiger partial charge in [-0.05, 0) is 12.8 Å². The summed E-state index contributed by atoms with van der Waals surface area (Å²) in [6.45, 7) is 0.783. The molecule has 1 atom stereocenters. The largest absolute Gasteiger partial charge is 0.388 e. The van der Waals surface area contributed by atoms with Crippen molar-refractivity contribution in [2.75, 3.05) is 20.3 Å². The fourth-order valence-electron chi connectivity index (χ4n) is 1.90. The lowest BCUT2D eigenvalue weighted by atomic mass is 10.1. The molecule has 0 amide bonds. The third-order valence-electron chi connectivity index (χ3n) is 2.69. The molecule has 1 unspecified atom stereocenters. The summed E-state index contributed by atoms with van der Waals surface area (Å²) in [6, 6.07) is 0. The van der Waals surface area contributed by atoms with Crippen molar-refractivity contribution in [2.45, 2.75) is 50.7 Å². The molecular formula is C11H22O3. The lowest BCUT2D eigenvalue weighted by Crippen LogP contribution is -2.24. The van der Waals surface area contributed by atoms with E-state index in [2.05, 4.69) is 0 Å². The van der Waals surface area contributed by atoms with E-state index in [0.717, 1.165) is 12.8 Å². The Labute approximate surface area is 86.4 Å². The summed E-state index contributed by atoms with van der Waals surface area (Å²) in [7, 11) is 1.59. The van der Waals surface area contributed by atoms with Crippen molar-refractivity contribution in [1.29, 1.82) is 0 Å². The van der Waals surface area contributed by atoms with Crippen molar-refractivity contribution >= 4 is 0 Å². The molecule has 0 radical (unpaired) electrons. The van der Waals surface area contributed by atoms with Gasteiger partial charge in [0.1, 0.15) is 6.10 Å². The van der Waals surface area contributed by atoms with Crippen LogP contribution in [0.2, 0.25) is 0 Å². The molecule has 14 heavy (non-hydrogen) atoms. The minimum atomic E-state index is -0.469. The number of hydrogen-bond donors (Lipinski definition) is 1. The minimum absolute atomic E-state index is 0.365. The average molecular weight is 202 g/mol. The van der Waals surface area contributed by atoms with E-state index >= 15 is 0 Å². The van der Waals surface area contributed by atoms with Gasteiger partial charge in [-0.1, -0.05) is 25.7 Å². The van der Waals surface area contributed by atoms with Crippen LogP contribution in [0.1, 0.15) is 38.5 Å². The molecule has 0 bridgehead atoms. The molecule has 0 spiro atoms. The second-order valence-electron chi connectivity index (χ2n) is 4.06. The molecule has 3 nitrogen and oxygen atoms in total. The molecule has 84 valence electrons. The molecule has 0 saturated heterocycles. The Hall–Kier alpha value is -0.120. The number of hydrogen-bond acceptors (Lipinski definition) is 3. The van der Waals surface area contributed by atoms with E-state index in [4.69, 9.17) is 9.47 Å². The highest BCUT2D eigenvalue weighted by molar-refractivity contribution is 4.65. The van der Waals surface area contributed by atoms with Gasteiger partial charge in [0, 0.05) is 7.11 Å². The van der Waals surface area contributed by atoms with Gasteiger partial charge in [-0.2, -0.15) is 0 Å². The van der Waals surface area contributed by atoms with Crippen molar-refractivity contribution < 1.29 is 14.6 Å². The van der Waals surface area contributed by atoms with Gasteiger partial charge in [0.15, 0.2) is 0 Å². The number of ether oxygens (including phenoxy) is 2. The fraction of sp³-hybridized carbons (Fsp3) is 1.00. The van der Waals surface area contributed by atoms with Gasteiger partial charge in [0.2, 0.25) is 0 Å². The topological polar surface area (TPSA) is 38.7 Å². The van der Waals surface area contributed by atoms with Crippen molar-refractivity contribution in [3.05, 3.63) is 0 Å². The summed E-state index contributed by atoms with van der Waals surface area (Å²) in [4.78, 5) is 0. The van der Waals surface area contributed by atoms with Crippen molar-refractivity contribution in [3.63, 3.8) is 0 Å². The zero-order valence-electron chi connectivity index (χ0n) is 9.08. The lowest BCUT2D eigenvalue weighted by molar-refractivity contribution is -0.0400. The van der Waals surface area contributed by atoms with Crippen molar-refractivity contribution in [2.24, 2.45) is 0 Å². The maximum Gasteiger partial charge on any atom is 0.101 e. The van der Waals surface area contributed by atoms with Gasteiger partial charge in [-0.3, -0.25) is 0 Å². The van der Waals surface area contributed by atoms with Crippen LogP contribution in [0.3, 0.4) is 0 Å². The van der Waals surface area contributed by atoms with Crippen LogP contribution in [0, 0.1) is 0 Å². The SMILES string of the molecule is COCC(O)COC1CCCCCC1. The predicted octanol–water partition coefficient (Wildman–Crippen LogP) is 1.73. The number of aliphatic hydroxyl groups excluding tert-OH is 1. The monoisotopic (exact) mass is 202 g/mol. The van der Waals surface area contributed by atoms with Gasteiger partial charge >= 0.3 is 0 Å². The van der Waals surface area contributed by atoms with Gasteiger partial charge < -0.3 is 14.6 Å².